The van der Waals surface area contributed by atoms with E-state index in [0.29, 0.717) is 18.5 Å². The molecule has 40 heavy (non-hydrogen) atoms. The van der Waals surface area contributed by atoms with Gasteiger partial charge in [-0.25, -0.2) is 0 Å². The standard InChI is InChI=1S/C30H40BrN3O5S/c1-5-9-10-18-39-29(38)23-24-27(36)34(16-17-35)26(30(24)19-22(31)25(23)40-30)28(37)33(15-6-2)21-13-11-20(12-14-21)32(7-3)8-4/h5-6,11-14,22-26,35H,1-2,7-10,15-19H2,3-4H3/t22?,23-,24-,25-,26?,30?/m0/s1. The topological polar surface area (TPSA) is 90.4 Å². The van der Waals surface area contributed by atoms with Crippen LogP contribution in [0.15, 0.2) is 49.6 Å². The molecule has 3 unspecified atom stereocenters. The number of allylic oxidation sites excluding steroid dienone is 1. The quantitative estimate of drug-likeness (QED) is 0.143. The molecule has 218 valence electrons. The highest BCUT2D eigenvalue weighted by Crippen LogP contribution is 2.68. The van der Waals surface area contributed by atoms with Crippen LogP contribution < -0.4 is 9.80 Å². The molecule has 0 aliphatic carbocycles. The fourth-order valence-electron chi connectivity index (χ4n) is 6.55. The van der Waals surface area contributed by atoms with Crippen LogP contribution in [0.5, 0.6) is 0 Å². The van der Waals surface area contributed by atoms with Gasteiger partial charge in [-0.05, 0) is 57.4 Å². The number of carbonyl (C=O) groups excluding carboxylic acids is 3. The minimum atomic E-state index is -0.826. The Kier molecular flexibility index (Phi) is 10.1. The molecule has 3 heterocycles. The van der Waals surface area contributed by atoms with Gasteiger partial charge in [0.1, 0.15) is 6.04 Å². The number of unbranched alkanes of at least 4 members (excludes halogenated alkanes) is 1. The Balaban J connectivity index is 1.68. The number of hydrogen-bond donors (Lipinski definition) is 1. The zero-order valence-corrected chi connectivity index (χ0v) is 25.7. The number of halogens is 1. The highest BCUT2D eigenvalue weighted by Gasteiger charge is 2.76. The highest BCUT2D eigenvalue weighted by atomic mass is 79.9. The van der Waals surface area contributed by atoms with Gasteiger partial charge in [-0.3, -0.25) is 14.4 Å². The summed E-state index contributed by atoms with van der Waals surface area (Å²) in [4.78, 5) is 47.1. The van der Waals surface area contributed by atoms with E-state index in [1.807, 2.05) is 24.3 Å². The molecule has 3 aliphatic rings. The summed E-state index contributed by atoms with van der Waals surface area (Å²) < 4.78 is 4.83. The second-order valence-corrected chi connectivity index (χ2v) is 13.2. The van der Waals surface area contributed by atoms with E-state index in [9.17, 15) is 19.5 Å². The largest absolute Gasteiger partial charge is 0.465 e. The zero-order valence-electron chi connectivity index (χ0n) is 23.3. The molecule has 2 bridgehead atoms. The minimum absolute atomic E-state index is 0.0234. The smallest absolute Gasteiger partial charge is 0.310 e. The lowest BCUT2D eigenvalue weighted by Crippen LogP contribution is -2.56. The molecule has 0 radical (unpaired) electrons. The lowest BCUT2D eigenvalue weighted by atomic mass is 9.71. The van der Waals surface area contributed by atoms with Gasteiger partial charge in [0.15, 0.2) is 0 Å². The Morgan fingerprint density at radius 1 is 1.20 bits per heavy atom. The van der Waals surface area contributed by atoms with Gasteiger partial charge in [-0.15, -0.1) is 24.9 Å². The van der Waals surface area contributed by atoms with Crippen molar-refractivity contribution in [2.75, 3.05) is 49.2 Å². The number of ether oxygens (including phenoxy) is 1. The van der Waals surface area contributed by atoms with Crippen LogP contribution in [0.1, 0.15) is 33.1 Å². The van der Waals surface area contributed by atoms with Gasteiger partial charge in [0.25, 0.3) is 5.91 Å². The van der Waals surface area contributed by atoms with E-state index in [4.69, 9.17) is 4.74 Å². The minimum Gasteiger partial charge on any atom is -0.465 e. The van der Waals surface area contributed by atoms with E-state index in [0.717, 1.165) is 25.2 Å². The maximum atomic E-state index is 14.5. The molecule has 8 nitrogen and oxygen atoms in total. The van der Waals surface area contributed by atoms with E-state index < -0.39 is 28.6 Å². The molecule has 3 saturated heterocycles. The van der Waals surface area contributed by atoms with Crippen LogP contribution in [0.2, 0.25) is 0 Å². The van der Waals surface area contributed by atoms with Crippen molar-refractivity contribution in [3.05, 3.63) is 49.6 Å². The first-order valence-corrected chi connectivity index (χ1v) is 15.9. The maximum Gasteiger partial charge on any atom is 0.310 e. The average Bonchev–Trinajstić information content (AvgIpc) is 3.54. The van der Waals surface area contributed by atoms with Crippen molar-refractivity contribution in [2.45, 2.75) is 54.0 Å². The van der Waals surface area contributed by atoms with Crippen molar-refractivity contribution >= 4 is 56.9 Å². The van der Waals surface area contributed by atoms with Crippen LogP contribution in [0.25, 0.3) is 0 Å². The van der Waals surface area contributed by atoms with Crippen molar-refractivity contribution in [1.82, 2.24) is 4.90 Å². The number of rotatable bonds is 14. The first-order valence-electron chi connectivity index (χ1n) is 14.1. The number of hydrogen-bond acceptors (Lipinski definition) is 7. The number of esters is 1. The number of β-amino-alcohol motifs (C(OH)–C–C–N with tert-alkyl or cyclic N) is 1. The van der Waals surface area contributed by atoms with Crippen molar-refractivity contribution in [2.24, 2.45) is 11.8 Å². The van der Waals surface area contributed by atoms with Gasteiger partial charge in [0.2, 0.25) is 5.91 Å². The molecule has 10 heteroatoms. The number of aliphatic hydroxyl groups excluding tert-OH is 1. The van der Waals surface area contributed by atoms with Gasteiger partial charge in [-0.2, -0.15) is 0 Å². The number of thioether (sulfide) groups is 1. The van der Waals surface area contributed by atoms with Crippen molar-refractivity contribution < 1.29 is 24.2 Å². The molecule has 6 atom stereocenters. The Hall–Kier alpha value is -2.30. The number of anilines is 2. The summed E-state index contributed by atoms with van der Waals surface area (Å²) in [5.74, 6) is -2.21. The molecule has 1 N–H and O–H groups in total. The van der Waals surface area contributed by atoms with E-state index in [1.165, 1.54) is 4.90 Å². The number of benzene rings is 1. The summed E-state index contributed by atoms with van der Waals surface area (Å²) in [6.45, 7) is 13.8. The Morgan fingerprint density at radius 3 is 2.48 bits per heavy atom. The molecule has 3 fully saturated rings. The third-order valence-electron chi connectivity index (χ3n) is 8.30. The normalized spacial score (nSPS) is 28.4. The van der Waals surface area contributed by atoms with E-state index in [-0.39, 0.29) is 48.2 Å². The second kappa shape index (κ2) is 13.1. The Bertz CT molecular complexity index is 1110. The van der Waals surface area contributed by atoms with Gasteiger partial charge < -0.3 is 24.5 Å². The fourth-order valence-corrected chi connectivity index (χ4v) is 10.1. The summed E-state index contributed by atoms with van der Waals surface area (Å²) in [6, 6.07) is 7.02. The van der Waals surface area contributed by atoms with Crippen LogP contribution in [0.4, 0.5) is 11.4 Å². The molecule has 0 aromatic heterocycles. The summed E-state index contributed by atoms with van der Waals surface area (Å²) >= 11 is 5.33. The number of nitrogens with zero attached hydrogens (tertiary/aromatic N) is 3. The summed E-state index contributed by atoms with van der Waals surface area (Å²) in [5, 5.41) is 9.73. The van der Waals surface area contributed by atoms with Crippen LogP contribution in [0, 0.1) is 11.8 Å². The lowest BCUT2D eigenvalue weighted by molar-refractivity contribution is -0.154. The van der Waals surface area contributed by atoms with Gasteiger partial charge in [-0.1, -0.05) is 28.1 Å². The highest BCUT2D eigenvalue weighted by molar-refractivity contribution is 9.09. The van der Waals surface area contributed by atoms with E-state index in [2.05, 4.69) is 47.8 Å². The number of alkyl halides is 1. The summed E-state index contributed by atoms with van der Waals surface area (Å²) in [5.41, 5.74) is 1.78. The predicted molar refractivity (Wildman–Crippen MR) is 164 cm³/mol. The second-order valence-electron chi connectivity index (χ2n) is 10.4. The summed E-state index contributed by atoms with van der Waals surface area (Å²) in [6.07, 6.45) is 5.43. The molecule has 1 aromatic rings. The Morgan fingerprint density at radius 2 is 1.88 bits per heavy atom. The van der Waals surface area contributed by atoms with E-state index >= 15 is 0 Å². The molecule has 1 aromatic carbocycles. The molecule has 0 saturated carbocycles. The van der Waals surface area contributed by atoms with Crippen LogP contribution in [0.3, 0.4) is 0 Å². The number of carbonyl (C=O) groups is 3. The molecular weight excluding hydrogens is 594 g/mol. The predicted octanol–water partition coefficient (Wildman–Crippen LogP) is 4.02. The monoisotopic (exact) mass is 633 g/mol. The van der Waals surface area contributed by atoms with Crippen LogP contribution >= 0.6 is 27.7 Å². The fraction of sp³-hybridized carbons (Fsp3) is 0.567. The first-order chi connectivity index (χ1) is 19.3. The van der Waals surface area contributed by atoms with Gasteiger partial charge >= 0.3 is 5.97 Å². The van der Waals surface area contributed by atoms with Gasteiger partial charge in [0.05, 0.1) is 29.8 Å². The number of amides is 2. The van der Waals surface area contributed by atoms with Crippen molar-refractivity contribution in [1.29, 1.82) is 0 Å². The zero-order chi connectivity index (χ0) is 29.0. The van der Waals surface area contributed by atoms with Crippen LogP contribution in [-0.4, -0.2) is 88.0 Å². The number of fused-ring (bicyclic) bond motifs is 1. The SMILES string of the molecule is C=CCCCOC(=O)[C@H]1[C@H]2C(=O)N(CCO)C(C(=O)N(CC=C)c3ccc(N(CC)CC)cc3)C23CC(Br)[C@@H]1S3. The van der Waals surface area contributed by atoms with E-state index in [1.54, 1.807) is 28.8 Å². The maximum absolute atomic E-state index is 14.5. The molecule has 4 rings (SSSR count). The molecule has 2 amide bonds. The average molecular weight is 635 g/mol. The first kappa shape index (κ1) is 30.7. The molecular formula is C30H40BrN3O5S. The van der Waals surface area contributed by atoms with Crippen molar-refractivity contribution in [3.63, 3.8) is 0 Å². The third-order valence-corrected chi connectivity index (χ3v) is 11.5. The van der Waals surface area contributed by atoms with Crippen molar-refractivity contribution in [3.8, 4) is 0 Å². The number of likely N-dealkylation sites (tertiary alicyclic amines) is 1. The Labute approximate surface area is 249 Å². The third kappa shape index (κ3) is 5.34. The lowest BCUT2D eigenvalue weighted by Gasteiger charge is -2.37. The van der Waals surface area contributed by atoms with Crippen LogP contribution in [-0.2, 0) is 19.1 Å². The van der Waals surface area contributed by atoms with Gasteiger partial charge in [0, 0.05) is 47.6 Å². The molecule has 3 aliphatic heterocycles. The molecule has 1 spiro atoms. The summed E-state index contributed by atoms with van der Waals surface area (Å²) in [7, 11) is 0. The number of aliphatic hydroxyl groups is 1.